The number of thioether (sulfide) groups is 1. The van der Waals surface area contributed by atoms with Crippen molar-refractivity contribution in [3.8, 4) is 0 Å². The van der Waals surface area contributed by atoms with Gasteiger partial charge in [0.25, 0.3) is 0 Å². The van der Waals surface area contributed by atoms with Crippen molar-refractivity contribution < 1.29 is 4.79 Å². The predicted octanol–water partition coefficient (Wildman–Crippen LogP) is 6.60. The van der Waals surface area contributed by atoms with Gasteiger partial charge in [0.05, 0.1) is 0 Å². The van der Waals surface area contributed by atoms with E-state index < -0.39 is 0 Å². The number of carbonyl (C=O) groups is 1. The minimum Gasteiger partial charge on any atom is -0.303 e. The molecule has 2 unspecified atom stereocenters. The topological polar surface area (TPSA) is 17.1 Å². The van der Waals surface area contributed by atoms with Gasteiger partial charge in [0.15, 0.2) is 0 Å². The molecule has 0 bridgehead atoms. The van der Waals surface area contributed by atoms with Gasteiger partial charge in [0.1, 0.15) is 6.29 Å². The molecule has 3 rings (SSSR count). The highest BCUT2D eigenvalue weighted by atomic mass is 32.2. The third-order valence-corrected chi connectivity index (χ3v) is 7.28. The second-order valence-electron chi connectivity index (χ2n) is 7.97. The highest BCUT2D eigenvalue weighted by molar-refractivity contribution is 7.99. The standard InChI is InChI=1S/C24H30OS/c1-18-9-12-20(13-10-18)24(3)17-26-23-16-19(2)11-14-21(23)22(24)8-6-4-5-7-15-25/h9-16,22H,4-8,17H2,1-3H3. The van der Waals surface area contributed by atoms with Gasteiger partial charge >= 0.3 is 0 Å². The molecule has 0 N–H and O–H groups in total. The molecule has 1 aliphatic rings. The molecule has 2 aromatic carbocycles. The Labute approximate surface area is 162 Å². The van der Waals surface area contributed by atoms with E-state index in [0.717, 1.165) is 24.9 Å². The van der Waals surface area contributed by atoms with E-state index in [4.69, 9.17) is 0 Å². The fourth-order valence-electron chi connectivity index (χ4n) is 4.17. The fourth-order valence-corrected chi connectivity index (χ4v) is 5.64. The van der Waals surface area contributed by atoms with E-state index in [0.29, 0.717) is 12.3 Å². The molecule has 0 spiro atoms. The van der Waals surface area contributed by atoms with Crippen LogP contribution in [-0.4, -0.2) is 12.0 Å². The quantitative estimate of drug-likeness (QED) is 0.405. The number of benzene rings is 2. The molecule has 0 fully saturated rings. The lowest BCUT2D eigenvalue weighted by molar-refractivity contribution is -0.107. The van der Waals surface area contributed by atoms with Gasteiger partial charge in [-0.3, -0.25) is 0 Å². The maximum atomic E-state index is 10.6. The first kappa shape index (κ1) is 19.2. The van der Waals surface area contributed by atoms with E-state index in [1.165, 1.54) is 40.0 Å². The molecule has 0 radical (unpaired) electrons. The molecule has 0 aliphatic carbocycles. The van der Waals surface area contributed by atoms with Crippen LogP contribution in [0.15, 0.2) is 47.4 Å². The van der Waals surface area contributed by atoms with E-state index in [1.807, 2.05) is 11.8 Å². The molecule has 0 saturated carbocycles. The third-order valence-electron chi connectivity index (χ3n) is 5.87. The van der Waals surface area contributed by atoms with Crippen LogP contribution in [0.3, 0.4) is 0 Å². The number of hydrogen-bond donors (Lipinski definition) is 0. The summed E-state index contributed by atoms with van der Waals surface area (Å²) in [6.45, 7) is 6.79. The Morgan fingerprint density at radius 3 is 2.50 bits per heavy atom. The summed E-state index contributed by atoms with van der Waals surface area (Å²) in [5.74, 6) is 1.67. The van der Waals surface area contributed by atoms with Crippen molar-refractivity contribution in [3.05, 3.63) is 64.7 Å². The van der Waals surface area contributed by atoms with E-state index >= 15 is 0 Å². The van der Waals surface area contributed by atoms with Crippen LogP contribution in [-0.2, 0) is 10.2 Å². The highest BCUT2D eigenvalue weighted by Gasteiger charge is 2.40. The predicted molar refractivity (Wildman–Crippen MR) is 112 cm³/mol. The van der Waals surface area contributed by atoms with Crippen LogP contribution >= 0.6 is 11.8 Å². The van der Waals surface area contributed by atoms with Crippen molar-refractivity contribution >= 4 is 18.0 Å². The Morgan fingerprint density at radius 2 is 1.77 bits per heavy atom. The Kier molecular flexibility index (Phi) is 6.24. The van der Waals surface area contributed by atoms with Gasteiger partial charge in [0, 0.05) is 22.5 Å². The van der Waals surface area contributed by atoms with Gasteiger partial charge < -0.3 is 4.79 Å². The first-order valence-corrected chi connectivity index (χ1v) is 10.8. The van der Waals surface area contributed by atoms with Crippen LogP contribution in [0.4, 0.5) is 0 Å². The second kappa shape index (κ2) is 8.43. The van der Waals surface area contributed by atoms with Crippen LogP contribution in [0, 0.1) is 13.8 Å². The smallest absolute Gasteiger partial charge is 0.119 e. The van der Waals surface area contributed by atoms with Crippen molar-refractivity contribution in [2.45, 2.75) is 69.1 Å². The zero-order valence-corrected chi connectivity index (χ0v) is 17.1. The molecule has 0 amide bonds. The average Bonchev–Trinajstić information content (AvgIpc) is 2.63. The summed E-state index contributed by atoms with van der Waals surface area (Å²) < 4.78 is 0. The lowest BCUT2D eigenvalue weighted by atomic mass is 9.67. The fraction of sp³-hybridized carbons (Fsp3) is 0.458. The summed E-state index contributed by atoms with van der Waals surface area (Å²) in [6.07, 6.45) is 6.30. The molecular formula is C24H30OS. The van der Waals surface area contributed by atoms with Crippen molar-refractivity contribution in [2.24, 2.45) is 0 Å². The van der Waals surface area contributed by atoms with E-state index in [1.54, 1.807) is 0 Å². The maximum Gasteiger partial charge on any atom is 0.119 e. The van der Waals surface area contributed by atoms with Gasteiger partial charge in [-0.25, -0.2) is 0 Å². The van der Waals surface area contributed by atoms with Crippen LogP contribution in [0.5, 0.6) is 0 Å². The molecular weight excluding hydrogens is 336 g/mol. The molecule has 2 aromatic rings. The lowest BCUT2D eigenvalue weighted by Gasteiger charge is -2.43. The van der Waals surface area contributed by atoms with Crippen LogP contribution in [0.25, 0.3) is 0 Å². The van der Waals surface area contributed by atoms with Gasteiger partial charge in [-0.05, 0) is 49.8 Å². The Morgan fingerprint density at radius 1 is 1.04 bits per heavy atom. The van der Waals surface area contributed by atoms with E-state index in [9.17, 15) is 4.79 Å². The van der Waals surface area contributed by atoms with Crippen molar-refractivity contribution in [1.82, 2.24) is 0 Å². The van der Waals surface area contributed by atoms with Crippen molar-refractivity contribution in [1.29, 1.82) is 0 Å². The van der Waals surface area contributed by atoms with Gasteiger partial charge in [0.2, 0.25) is 0 Å². The summed E-state index contributed by atoms with van der Waals surface area (Å²) in [5.41, 5.74) is 5.80. The molecule has 1 heterocycles. The molecule has 2 heteroatoms. The SMILES string of the molecule is Cc1ccc(C2(C)CSc3cc(C)ccc3C2CCCCCC=O)cc1. The molecule has 1 nitrogen and oxygen atoms in total. The number of fused-ring (bicyclic) bond motifs is 1. The summed E-state index contributed by atoms with van der Waals surface area (Å²) in [4.78, 5) is 12.0. The summed E-state index contributed by atoms with van der Waals surface area (Å²) in [6, 6.07) is 16.1. The zero-order chi connectivity index (χ0) is 18.6. The highest BCUT2D eigenvalue weighted by Crippen LogP contribution is 2.52. The van der Waals surface area contributed by atoms with Gasteiger partial charge in [-0.1, -0.05) is 67.3 Å². The number of hydrogen-bond acceptors (Lipinski definition) is 2. The summed E-state index contributed by atoms with van der Waals surface area (Å²) in [5, 5.41) is 0. The number of carbonyl (C=O) groups excluding carboxylic acids is 1. The zero-order valence-electron chi connectivity index (χ0n) is 16.3. The number of unbranched alkanes of at least 4 members (excludes halogenated alkanes) is 3. The minimum absolute atomic E-state index is 0.158. The summed E-state index contributed by atoms with van der Waals surface area (Å²) >= 11 is 2.01. The molecule has 0 aromatic heterocycles. The Bertz CT molecular complexity index is 749. The van der Waals surface area contributed by atoms with Crippen molar-refractivity contribution in [3.63, 3.8) is 0 Å². The Hall–Kier alpha value is -1.54. The molecule has 0 saturated heterocycles. The van der Waals surface area contributed by atoms with Gasteiger partial charge in [-0.15, -0.1) is 11.8 Å². The minimum atomic E-state index is 0.158. The lowest BCUT2D eigenvalue weighted by Crippen LogP contribution is -2.36. The van der Waals surface area contributed by atoms with Crippen LogP contribution in [0.2, 0.25) is 0 Å². The molecule has 26 heavy (non-hydrogen) atoms. The maximum absolute atomic E-state index is 10.6. The van der Waals surface area contributed by atoms with Crippen LogP contribution in [0.1, 0.15) is 67.2 Å². The average molecular weight is 367 g/mol. The number of rotatable bonds is 7. The molecule has 1 aliphatic heterocycles. The Balaban J connectivity index is 1.90. The second-order valence-corrected chi connectivity index (χ2v) is 8.99. The van der Waals surface area contributed by atoms with Gasteiger partial charge in [-0.2, -0.15) is 0 Å². The summed E-state index contributed by atoms with van der Waals surface area (Å²) in [7, 11) is 0. The number of aldehydes is 1. The monoisotopic (exact) mass is 366 g/mol. The normalized spacial score (nSPS) is 22.0. The molecule has 138 valence electrons. The van der Waals surface area contributed by atoms with E-state index in [2.05, 4.69) is 63.2 Å². The largest absolute Gasteiger partial charge is 0.303 e. The van der Waals surface area contributed by atoms with Crippen LogP contribution < -0.4 is 0 Å². The number of aryl methyl sites for hydroxylation is 2. The van der Waals surface area contributed by atoms with Crippen molar-refractivity contribution in [2.75, 3.05) is 5.75 Å². The molecule has 2 atom stereocenters. The first-order valence-electron chi connectivity index (χ1n) is 9.79. The van der Waals surface area contributed by atoms with E-state index in [-0.39, 0.29) is 5.41 Å². The first-order chi connectivity index (χ1) is 12.5. The third kappa shape index (κ3) is 4.06.